The third-order valence-electron chi connectivity index (χ3n) is 3.38. The second kappa shape index (κ2) is 6.72. The summed E-state index contributed by atoms with van der Waals surface area (Å²) in [6, 6.07) is 18.3. The lowest BCUT2D eigenvalue weighted by molar-refractivity contribution is 0.687. The van der Waals surface area contributed by atoms with Crippen molar-refractivity contribution >= 4 is 11.9 Å². The van der Waals surface area contributed by atoms with Gasteiger partial charge < -0.3 is 0 Å². The molecular weight excluding hydrogens is 272 g/mol. The third kappa shape index (κ3) is 3.61. The lowest BCUT2D eigenvalue weighted by Gasteiger charge is -2.02. The topological polar surface area (TPSA) is 42.2 Å². The Morgan fingerprint density at radius 1 is 1.09 bits per heavy atom. The number of anilines is 1. The zero-order chi connectivity index (χ0) is 15.2. The highest BCUT2D eigenvalue weighted by Crippen LogP contribution is 2.12. The minimum atomic E-state index is 0.764. The molecule has 0 fully saturated rings. The van der Waals surface area contributed by atoms with Crippen LogP contribution in [0.2, 0.25) is 0 Å². The van der Waals surface area contributed by atoms with Gasteiger partial charge in [0, 0.05) is 11.8 Å². The Labute approximate surface area is 130 Å². The molecule has 1 aromatic heterocycles. The third-order valence-corrected chi connectivity index (χ3v) is 3.38. The summed E-state index contributed by atoms with van der Waals surface area (Å²) in [4.78, 5) is 0. The molecule has 1 N–H and O–H groups in total. The molecule has 2 aromatic carbocycles. The largest absolute Gasteiger partial charge is 0.278 e. The minimum absolute atomic E-state index is 0.764. The van der Waals surface area contributed by atoms with Gasteiger partial charge in [-0.1, -0.05) is 48.5 Å². The van der Waals surface area contributed by atoms with Crippen LogP contribution in [-0.4, -0.2) is 16.0 Å². The first-order chi connectivity index (χ1) is 10.8. The Balaban J connectivity index is 1.62. The number of aromatic nitrogens is 2. The molecule has 0 spiro atoms. The van der Waals surface area contributed by atoms with Gasteiger partial charge >= 0.3 is 0 Å². The monoisotopic (exact) mass is 290 g/mol. The molecule has 22 heavy (non-hydrogen) atoms. The Hall–Kier alpha value is -2.88. The molecule has 0 bridgehead atoms. The molecule has 0 unspecified atom stereocenters. The fraction of sp³-hybridized carbons (Fsp3) is 0.111. The van der Waals surface area contributed by atoms with Crippen molar-refractivity contribution in [2.45, 2.75) is 13.5 Å². The number of hydrazone groups is 1. The van der Waals surface area contributed by atoms with Crippen LogP contribution in [0.3, 0.4) is 0 Å². The van der Waals surface area contributed by atoms with E-state index in [-0.39, 0.29) is 0 Å². The maximum atomic E-state index is 4.35. The molecule has 0 amide bonds. The van der Waals surface area contributed by atoms with Crippen LogP contribution in [0.4, 0.5) is 5.69 Å². The van der Waals surface area contributed by atoms with Crippen molar-refractivity contribution in [3.8, 4) is 0 Å². The van der Waals surface area contributed by atoms with Gasteiger partial charge in [0.15, 0.2) is 0 Å². The Morgan fingerprint density at radius 3 is 2.68 bits per heavy atom. The molecule has 0 atom stereocenters. The summed E-state index contributed by atoms with van der Waals surface area (Å²) in [5, 5.41) is 8.62. The van der Waals surface area contributed by atoms with Crippen LogP contribution in [0.25, 0.3) is 0 Å². The maximum absolute atomic E-state index is 4.35. The van der Waals surface area contributed by atoms with Crippen LogP contribution in [0.1, 0.15) is 16.7 Å². The molecule has 4 heteroatoms. The SMILES string of the molecule is Cc1ccccc1N/N=C\c1cnn(Cc2ccccc2)c1. The van der Waals surface area contributed by atoms with Gasteiger partial charge in [0.05, 0.1) is 24.6 Å². The zero-order valence-electron chi connectivity index (χ0n) is 12.5. The molecule has 0 aliphatic rings. The van der Waals surface area contributed by atoms with Gasteiger partial charge in [-0.15, -0.1) is 0 Å². The zero-order valence-corrected chi connectivity index (χ0v) is 12.5. The summed E-state index contributed by atoms with van der Waals surface area (Å²) in [5.74, 6) is 0. The molecule has 0 aliphatic heterocycles. The lowest BCUT2D eigenvalue weighted by atomic mass is 10.2. The number of aryl methyl sites for hydroxylation is 1. The van der Waals surface area contributed by atoms with Gasteiger partial charge in [0.1, 0.15) is 0 Å². The summed E-state index contributed by atoms with van der Waals surface area (Å²) in [7, 11) is 0. The normalized spacial score (nSPS) is 11.0. The number of para-hydroxylation sites is 1. The molecule has 0 aliphatic carbocycles. The quantitative estimate of drug-likeness (QED) is 0.575. The highest BCUT2D eigenvalue weighted by Gasteiger charge is 1.98. The van der Waals surface area contributed by atoms with Gasteiger partial charge in [-0.25, -0.2) is 0 Å². The number of hydrogen-bond donors (Lipinski definition) is 1. The molecule has 0 saturated heterocycles. The summed E-state index contributed by atoms with van der Waals surface area (Å²) >= 11 is 0. The molecule has 3 aromatic rings. The first kappa shape index (κ1) is 14.1. The van der Waals surface area contributed by atoms with Crippen LogP contribution in [0.5, 0.6) is 0 Å². The van der Waals surface area contributed by atoms with Gasteiger partial charge in [-0.2, -0.15) is 10.2 Å². The number of rotatable bonds is 5. The Kier molecular flexibility index (Phi) is 4.30. The van der Waals surface area contributed by atoms with Crippen molar-refractivity contribution < 1.29 is 0 Å². The fourth-order valence-corrected chi connectivity index (χ4v) is 2.18. The fourth-order valence-electron chi connectivity index (χ4n) is 2.18. The first-order valence-electron chi connectivity index (χ1n) is 7.22. The van der Waals surface area contributed by atoms with Crippen molar-refractivity contribution in [3.05, 3.63) is 83.7 Å². The molecule has 0 radical (unpaired) electrons. The van der Waals surface area contributed by atoms with Crippen LogP contribution in [0, 0.1) is 6.92 Å². The second-order valence-corrected chi connectivity index (χ2v) is 5.14. The van der Waals surface area contributed by atoms with E-state index in [9.17, 15) is 0 Å². The highest BCUT2D eigenvalue weighted by atomic mass is 15.3. The van der Waals surface area contributed by atoms with Crippen molar-refractivity contribution in [2.75, 3.05) is 5.43 Å². The first-order valence-corrected chi connectivity index (χ1v) is 7.22. The lowest BCUT2D eigenvalue weighted by Crippen LogP contribution is -1.99. The van der Waals surface area contributed by atoms with Gasteiger partial charge in [0.2, 0.25) is 0 Å². The number of nitrogens with one attached hydrogen (secondary N) is 1. The molecule has 1 heterocycles. The van der Waals surface area contributed by atoms with Crippen molar-refractivity contribution in [3.63, 3.8) is 0 Å². The average Bonchev–Trinajstić information content (AvgIpc) is 2.98. The summed E-state index contributed by atoms with van der Waals surface area (Å²) < 4.78 is 1.91. The van der Waals surface area contributed by atoms with E-state index in [0.29, 0.717) is 0 Å². The van der Waals surface area contributed by atoms with Gasteiger partial charge in [0.25, 0.3) is 0 Å². The van der Waals surface area contributed by atoms with Crippen molar-refractivity contribution in [2.24, 2.45) is 5.10 Å². The molecule has 4 nitrogen and oxygen atoms in total. The predicted octanol–water partition coefficient (Wildman–Crippen LogP) is 3.69. The summed E-state index contributed by atoms with van der Waals surface area (Å²) in [6.07, 6.45) is 5.57. The predicted molar refractivity (Wildman–Crippen MR) is 90.2 cm³/mol. The molecule has 0 saturated carbocycles. The summed E-state index contributed by atoms with van der Waals surface area (Å²) in [5.41, 5.74) is 7.43. The number of hydrogen-bond acceptors (Lipinski definition) is 3. The Morgan fingerprint density at radius 2 is 1.86 bits per heavy atom. The molecule has 3 rings (SSSR count). The number of nitrogens with zero attached hydrogens (tertiary/aromatic N) is 3. The van der Waals surface area contributed by atoms with Gasteiger partial charge in [-0.3, -0.25) is 10.1 Å². The standard InChI is InChI=1S/C18H18N4/c1-15-7-5-6-10-18(15)21-19-11-17-12-20-22(14-17)13-16-8-3-2-4-9-16/h2-12,14,21H,13H2,1H3/b19-11-. The summed E-state index contributed by atoms with van der Waals surface area (Å²) in [6.45, 7) is 2.82. The van der Waals surface area contributed by atoms with E-state index in [1.165, 1.54) is 11.1 Å². The second-order valence-electron chi connectivity index (χ2n) is 5.14. The number of benzene rings is 2. The van der Waals surface area contributed by atoms with Crippen molar-refractivity contribution in [1.29, 1.82) is 0 Å². The van der Waals surface area contributed by atoms with E-state index in [1.807, 2.05) is 53.5 Å². The van der Waals surface area contributed by atoms with E-state index in [2.05, 4.69) is 40.7 Å². The van der Waals surface area contributed by atoms with Crippen LogP contribution in [-0.2, 0) is 6.54 Å². The Bertz CT molecular complexity index is 760. The van der Waals surface area contributed by atoms with Crippen molar-refractivity contribution in [1.82, 2.24) is 9.78 Å². The van der Waals surface area contributed by atoms with E-state index < -0.39 is 0 Å². The highest BCUT2D eigenvalue weighted by molar-refractivity contribution is 5.79. The average molecular weight is 290 g/mol. The minimum Gasteiger partial charge on any atom is -0.278 e. The van der Waals surface area contributed by atoms with Crippen LogP contribution in [0.15, 0.2) is 72.1 Å². The molecular formula is C18H18N4. The smallest absolute Gasteiger partial charge is 0.0659 e. The van der Waals surface area contributed by atoms with E-state index >= 15 is 0 Å². The molecule has 110 valence electrons. The maximum Gasteiger partial charge on any atom is 0.0659 e. The van der Waals surface area contributed by atoms with E-state index in [4.69, 9.17) is 0 Å². The van der Waals surface area contributed by atoms with E-state index in [0.717, 1.165) is 17.8 Å². The van der Waals surface area contributed by atoms with E-state index in [1.54, 1.807) is 6.21 Å². The van der Waals surface area contributed by atoms with Gasteiger partial charge in [-0.05, 0) is 24.1 Å². The van der Waals surface area contributed by atoms with Crippen LogP contribution < -0.4 is 5.43 Å². The van der Waals surface area contributed by atoms with Crippen LogP contribution >= 0.6 is 0 Å².